The van der Waals surface area contributed by atoms with Crippen molar-refractivity contribution in [1.29, 1.82) is 0 Å². The van der Waals surface area contributed by atoms with Gasteiger partial charge >= 0.3 is 0 Å². The van der Waals surface area contributed by atoms with E-state index in [2.05, 4.69) is 20.6 Å². The van der Waals surface area contributed by atoms with Crippen LogP contribution in [0.4, 0.5) is 0 Å². The van der Waals surface area contributed by atoms with Crippen molar-refractivity contribution < 1.29 is 4.79 Å². The summed E-state index contributed by atoms with van der Waals surface area (Å²) in [6, 6.07) is 2.24. The van der Waals surface area contributed by atoms with Gasteiger partial charge in [0.05, 0.1) is 12.2 Å². The Morgan fingerprint density at radius 2 is 2.16 bits per heavy atom. The van der Waals surface area contributed by atoms with Crippen LogP contribution >= 0.6 is 0 Å². The molecule has 2 rings (SSSR count). The highest BCUT2D eigenvalue weighted by Crippen LogP contribution is 2.17. The van der Waals surface area contributed by atoms with Crippen LogP contribution in [-0.2, 0) is 11.3 Å². The average molecular weight is 262 g/mol. The first kappa shape index (κ1) is 13.9. The number of carbonyl (C=O) groups is 1. The SMILES string of the molecule is Cc1nccc(CNCC(=O)NC2CCCCC2)n1. The predicted molar refractivity (Wildman–Crippen MR) is 73.5 cm³/mol. The number of amides is 1. The van der Waals surface area contributed by atoms with Crippen LogP contribution in [0.25, 0.3) is 0 Å². The van der Waals surface area contributed by atoms with Crippen LogP contribution in [0.3, 0.4) is 0 Å². The maximum atomic E-state index is 11.8. The van der Waals surface area contributed by atoms with Crippen LogP contribution in [0.5, 0.6) is 0 Å². The summed E-state index contributed by atoms with van der Waals surface area (Å²) in [5, 5.41) is 6.20. The van der Waals surface area contributed by atoms with Crippen molar-refractivity contribution in [2.24, 2.45) is 0 Å². The lowest BCUT2D eigenvalue weighted by Crippen LogP contribution is -2.41. The molecule has 0 radical (unpaired) electrons. The number of hydrogen-bond donors (Lipinski definition) is 2. The molecule has 1 saturated carbocycles. The van der Waals surface area contributed by atoms with Crippen LogP contribution < -0.4 is 10.6 Å². The van der Waals surface area contributed by atoms with Crippen LogP contribution in [0.1, 0.15) is 43.6 Å². The van der Waals surface area contributed by atoms with E-state index in [-0.39, 0.29) is 5.91 Å². The van der Waals surface area contributed by atoms with Gasteiger partial charge in [0.25, 0.3) is 0 Å². The number of aromatic nitrogens is 2. The standard InChI is InChI=1S/C14H22N4O/c1-11-16-8-7-13(17-11)9-15-10-14(19)18-12-5-3-2-4-6-12/h7-8,12,15H,2-6,9-10H2,1H3,(H,18,19). The van der Waals surface area contributed by atoms with Gasteiger partial charge in [-0.1, -0.05) is 19.3 Å². The van der Waals surface area contributed by atoms with Gasteiger partial charge in [0.2, 0.25) is 5.91 Å². The fraction of sp³-hybridized carbons (Fsp3) is 0.643. The van der Waals surface area contributed by atoms with Crippen molar-refractivity contribution in [3.05, 3.63) is 23.8 Å². The molecule has 0 unspecified atom stereocenters. The molecule has 0 saturated heterocycles. The predicted octanol–water partition coefficient (Wildman–Crippen LogP) is 1.32. The third kappa shape index (κ3) is 4.95. The van der Waals surface area contributed by atoms with E-state index in [0.717, 1.165) is 24.4 Å². The van der Waals surface area contributed by atoms with Gasteiger partial charge in [-0.05, 0) is 25.8 Å². The van der Waals surface area contributed by atoms with E-state index < -0.39 is 0 Å². The van der Waals surface area contributed by atoms with Crippen molar-refractivity contribution in [1.82, 2.24) is 20.6 Å². The molecule has 0 bridgehead atoms. The Kier molecular flexibility index (Phi) is 5.27. The third-order valence-corrected chi connectivity index (χ3v) is 3.40. The Hall–Kier alpha value is -1.49. The molecule has 1 amide bonds. The van der Waals surface area contributed by atoms with Gasteiger partial charge in [-0.25, -0.2) is 9.97 Å². The molecule has 104 valence electrons. The lowest BCUT2D eigenvalue weighted by Gasteiger charge is -2.22. The summed E-state index contributed by atoms with van der Waals surface area (Å²) in [5.41, 5.74) is 0.915. The third-order valence-electron chi connectivity index (χ3n) is 3.40. The van der Waals surface area contributed by atoms with Crippen LogP contribution in [0, 0.1) is 6.92 Å². The van der Waals surface area contributed by atoms with E-state index in [4.69, 9.17) is 0 Å². The van der Waals surface area contributed by atoms with E-state index in [1.54, 1.807) is 6.20 Å². The van der Waals surface area contributed by atoms with E-state index in [1.165, 1.54) is 19.3 Å². The van der Waals surface area contributed by atoms with E-state index in [1.807, 2.05) is 13.0 Å². The highest BCUT2D eigenvalue weighted by atomic mass is 16.1. The molecule has 1 aromatic rings. The molecule has 5 nitrogen and oxygen atoms in total. The Bertz CT molecular complexity index is 416. The first-order valence-corrected chi connectivity index (χ1v) is 7.02. The van der Waals surface area contributed by atoms with Crippen molar-refractivity contribution in [3.63, 3.8) is 0 Å². The topological polar surface area (TPSA) is 66.9 Å². The van der Waals surface area contributed by atoms with Crippen LogP contribution in [0.15, 0.2) is 12.3 Å². The largest absolute Gasteiger partial charge is 0.352 e. The summed E-state index contributed by atoms with van der Waals surface area (Å²) in [6.07, 6.45) is 7.75. The number of nitrogens with zero attached hydrogens (tertiary/aromatic N) is 2. The fourth-order valence-electron chi connectivity index (χ4n) is 2.43. The summed E-state index contributed by atoms with van der Waals surface area (Å²) in [4.78, 5) is 20.1. The van der Waals surface area contributed by atoms with Crippen molar-refractivity contribution >= 4 is 5.91 Å². The summed E-state index contributed by atoms with van der Waals surface area (Å²) >= 11 is 0. The summed E-state index contributed by atoms with van der Waals surface area (Å²) in [7, 11) is 0. The number of nitrogens with one attached hydrogen (secondary N) is 2. The highest BCUT2D eigenvalue weighted by molar-refractivity contribution is 5.78. The minimum Gasteiger partial charge on any atom is -0.352 e. The molecule has 0 aromatic carbocycles. The molecular formula is C14H22N4O. The molecule has 1 aliphatic carbocycles. The van der Waals surface area contributed by atoms with Crippen LogP contribution in [0.2, 0.25) is 0 Å². The van der Waals surface area contributed by atoms with Gasteiger partial charge < -0.3 is 10.6 Å². The molecule has 1 heterocycles. The Morgan fingerprint density at radius 3 is 2.89 bits per heavy atom. The minimum absolute atomic E-state index is 0.0812. The minimum atomic E-state index is 0.0812. The van der Waals surface area contributed by atoms with E-state index in [0.29, 0.717) is 19.1 Å². The van der Waals surface area contributed by atoms with Crippen molar-refractivity contribution in [2.45, 2.75) is 51.6 Å². The van der Waals surface area contributed by atoms with Crippen molar-refractivity contribution in [2.75, 3.05) is 6.54 Å². The number of carbonyl (C=O) groups excluding carboxylic acids is 1. The smallest absolute Gasteiger partial charge is 0.234 e. The van der Waals surface area contributed by atoms with E-state index >= 15 is 0 Å². The van der Waals surface area contributed by atoms with E-state index in [9.17, 15) is 4.79 Å². The second kappa shape index (κ2) is 7.19. The zero-order valence-corrected chi connectivity index (χ0v) is 11.5. The fourth-order valence-corrected chi connectivity index (χ4v) is 2.43. The Morgan fingerprint density at radius 1 is 1.37 bits per heavy atom. The molecule has 5 heteroatoms. The van der Waals surface area contributed by atoms with Gasteiger partial charge in [-0.3, -0.25) is 4.79 Å². The van der Waals surface area contributed by atoms with Gasteiger partial charge in [-0.15, -0.1) is 0 Å². The summed E-state index contributed by atoms with van der Waals surface area (Å²) < 4.78 is 0. The molecule has 0 aliphatic heterocycles. The average Bonchev–Trinajstić information content (AvgIpc) is 2.40. The zero-order chi connectivity index (χ0) is 13.5. The van der Waals surface area contributed by atoms with Crippen molar-refractivity contribution in [3.8, 4) is 0 Å². The number of aryl methyl sites for hydroxylation is 1. The molecule has 1 fully saturated rings. The summed E-state index contributed by atoms with van der Waals surface area (Å²) in [6.45, 7) is 2.81. The summed E-state index contributed by atoms with van der Waals surface area (Å²) in [5.74, 6) is 0.837. The van der Waals surface area contributed by atoms with Gasteiger partial charge in [0, 0.05) is 18.8 Å². The molecule has 2 N–H and O–H groups in total. The lowest BCUT2D eigenvalue weighted by atomic mass is 9.95. The second-order valence-corrected chi connectivity index (χ2v) is 5.10. The van der Waals surface area contributed by atoms with Gasteiger partial charge in [-0.2, -0.15) is 0 Å². The Balaban J connectivity index is 1.66. The highest BCUT2D eigenvalue weighted by Gasteiger charge is 2.15. The normalized spacial score (nSPS) is 16.3. The quantitative estimate of drug-likeness (QED) is 0.840. The molecule has 1 aliphatic rings. The molecule has 19 heavy (non-hydrogen) atoms. The number of rotatable bonds is 5. The number of hydrogen-bond acceptors (Lipinski definition) is 4. The molecule has 1 aromatic heterocycles. The maximum absolute atomic E-state index is 11.8. The molecule has 0 spiro atoms. The monoisotopic (exact) mass is 262 g/mol. The zero-order valence-electron chi connectivity index (χ0n) is 11.5. The first-order chi connectivity index (χ1) is 9.24. The van der Waals surface area contributed by atoms with Crippen LogP contribution in [-0.4, -0.2) is 28.5 Å². The van der Waals surface area contributed by atoms with Gasteiger partial charge in [0.1, 0.15) is 5.82 Å². The molecule has 0 atom stereocenters. The lowest BCUT2D eigenvalue weighted by molar-refractivity contribution is -0.121. The van der Waals surface area contributed by atoms with Gasteiger partial charge in [0.15, 0.2) is 0 Å². The second-order valence-electron chi connectivity index (χ2n) is 5.10. The Labute approximate surface area is 114 Å². The molecular weight excluding hydrogens is 240 g/mol. The maximum Gasteiger partial charge on any atom is 0.234 e. The first-order valence-electron chi connectivity index (χ1n) is 7.02.